The summed E-state index contributed by atoms with van der Waals surface area (Å²) in [5.74, 6) is 0. The van der Waals surface area contributed by atoms with Gasteiger partial charge in [-0.1, -0.05) is 128 Å². The summed E-state index contributed by atoms with van der Waals surface area (Å²) < 4.78 is 0. The quantitative estimate of drug-likeness (QED) is 0.196. The van der Waals surface area contributed by atoms with E-state index in [9.17, 15) is 0 Å². The summed E-state index contributed by atoms with van der Waals surface area (Å²) in [4.78, 5) is 2.31. The van der Waals surface area contributed by atoms with Crippen LogP contribution in [0.1, 0.15) is 12.5 Å². The Hall–Kier alpha value is -4.88. The van der Waals surface area contributed by atoms with E-state index in [0.717, 1.165) is 28.2 Å². The van der Waals surface area contributed by atoms with Crippen molar-refractivity contribution in [2.75, 3.05) is 4.90 Å². The van der Waals surface area contributed by atoms with Crippen LogP contribution in [0.4, 0.5) is 17.1 Å². The normalized spacial score (nSPS) is 11.4. The van der Waals surface area contributed by atoms with Gasteiger partial charge < -0.3 is 4.90 Å². The van der Waals surface area contributed by atoms with Crippen molar-refractivity contribution in [3.05, 3.63) is 170 Å². The zero-order valence-corrected chi connectivity index (χ0v) is 21.7. The summed E-state index contributed by atoms with van der Waals surface area (Å²) in [5, 5.41) is 0. The van der Waals surface area contributed by atoms with Crippen molar-refractivity contribution < 1.29 is 0 Å². The average molecular weight is 490 g/mol. The molecule has 0 fully saturated rings. The van der Waals surface area contributed by atoms with Crippen LogP contribution in [0.5, 0.6) is 0 Å². The number of hydrogen-bond donors (Lipinski definition) is 0. The number of benzene rings is 5. The van der Waals surface area contributed by atoms with E-state index >= 15 is 0 Å². The molecule has 0 atom stereocenters. The summed E-state index contributed by atoms with van der Waals surface area (Å²) in [5.41, 5.74) is 10.5. The second-order valence-corrected chi connectivity index (χ2v) is 9.07. The van der Waals surface area contributed by atoms with Gasteiger partial charge in [0.15, 0.2) is 0 Å². The monoisotopic (exact) mass is 489 g/mol. The van der Waals surface area contributed by atoms with Gasteiger partial charge in [-0.15, -0.1) is 0 Å². The zero-order valence-electron chi connectivity index (χ0n) is 21.7. The maximum absolute atomic E-state index is 3.87. The summed E-state index contributed by atoms with van der Waals surface area (Å²) >= 11 is 0. The first kappa shape index (κ1) is 24.8. The highest BCUT2D eigenvalue weighted by Gasteiger charge is 2.13. The SMILES string of the molecule is C=C/C=C(\C=C/C)c1ccc(N(c2ccc(-c3ccccc3)cc2)c2ccc(-c3ccccc3)cc2)cc1. The Morgan fingerprint density at radius 3 is 1.32 bits per heavy atom. The molecule has 0 saturated heterocycles. The molecule has 0 spiro atoms. The van der Waals surface area contributed by atoms with Gasteiger partial charge in [-0.2, -0.15) is 0 Å². The summed E-state index contributed by atoms with van der Waals surface area (Å²) in [6.45, 7) is 5.91. The van der Waals surface area contributed by atoms with E-state index in [1.807, 2.05) is 31.2 Å². The van der Waals surface area contributed by atoms with Gasteiger partial charge in [0.25, 0.3) is 0 Å². The molecule has 0 bridgehead atoms. The molecule has 0 amide bonds. The van der Waals surface area contributed by atoms with Crippen LogP contribution in [0.3, 0.4) is 0 Å². The molecular weight excluding hydrogens is 458 g/mol. The summed E-state index contributed by atoms with van der Waals surface area (Å²) in [6, 6.07) is 47.3. The average Bonchev–Trinajstić information content (AvgIpc) is 2.99. The molecule has 0 radical (unpaired) electrons. The van der Waals surface area contributed by atoms with E-state index in [1.54, 1.807) is 0 Å². The van der Waals surface area contributed by atoms with Crippen LogP contribution in [0.2, 0.25) is 0 Å². The molecule has 0 N–H and O–H groups in total. The van der Waals surface area contributed by atoms with Crippen LogP contribution < -0.4 is 4.90 Å². The molecule has 0 saturated carbocycles. The van der Waals surface area contributed by atoms with Crippen molar-refractivity contribution >= 4 is 22.6 Å². The van der Waals surface area contributed by atoms with Gasteiger partial charge in [-0.05, 0) is 76.7 Å². The van der Waals surface area contributed by atoms with Gasteiger partial charge in [-0.25, -0.2) is 0 Å². The fourth-order valence-corrected chi connectivity index (χ4v) is 4.67. The van der Waals surface area contributed by atoms with Crippen molar-refractivity contribution in [2.24, 2.45) is 0 Å². The highest BCUT2D eigenvalue weighted by Crippen LogP contribution is 2.37. The Kier molecular flexibility index (Phi) is 7.77. The number of rotatable bonds is 8. The Balaban J connectivity index is 1.54. The number of allylic oxidation sites excluding steroid dienone is 5. The third kappa shape index (κ3) is 5.58. The topological polar surface area (TPSA) is 3.24 Å². The molecule has 5 rings (SSSR count). The van der Waals surface area contributed by atoms with Gasteiger partial charge in [0.2, 0.25) is 0 Å². The lowest BCUT2D eigenvalue weighted by molar-refractivity contribution is 1.28. The van der Waals surface area contributed by atoms with Crippen molar-refractivity contribution in [3.8, 4) is 22.3 Å². The Labute approximate surface area is 226 Å². The summed E-state index contributed by atoms with van der Waals surface area (Å²) in [7, 11) is 0. The van der Waals surface area contributed by atoms with E-state index in [-0.39, 0.29) is 0 Å². The van der Waals surface area contributed by atoms with E-state index in [1.165, 1.54) is 22.3 Å². The van der Waals surface area contributed by atoms with Gasteiger partial charge in [0.05, 0.1) is 0 Å². The number of anilines is 3. The molecule has 38 heavy (non-hydrogen) atoms. The first-order valence-electron chi connectivity index (χ1n) is 12.9. The zero-order chi connectivity index (χ0) is 26.2. The molecule has 5 aromatic rings. The molecule has 184 valence electrons. The molecule has 5 aromatic carbocycles. The first-order valence-corrected chi connectivity index (χ1v) is 12.9. The van der Waals surface area contributed by atoms with E-state index in [2.05, 4.69) is 145 Å². The van der Waals surface area contributed by atoms with Crippen molar-refractivity contribution in [1.82, 2.24) is 0 Å². The van der Waals surface area contributed by atoms with Crippen molar-refractivity contribution in [1.29, 1.82) is 0 Å². The van der Waals surface area contributed by atoms with Gasteiger partial charge in [-0.3, -0.25) is 0 Å². The van der Waals surface area contributed by atoms with Crippen molar-refractivity contribution in [3.63, 3.8) is 0 Å². The van der Waals surface area contributed by atoms with Crippen LogP contribution in [0.25, 0.3) is 27.8 Å². The van der Waals surface area contributed by atoms with E-state index in [4.69, 9.17) is 0 Å². The van der Waals surface area contributed by atoms with Crippen LogP contribution in [0.15, 0.2) is 164 Å². The highest BCUT2D eigenvalue weighted by atomic mass is 15.1. The minimum Gasteiger partial charge on any atom is -0.311 e. The standard InChI is InChI=1S/C37H31N/c1-3-11-29(12-4-2)32-17-23-35(24-18-32)38(36-25-19-33(20-26-36)30-13-7-5-8-14-30)37-27-21-34(22-28-37)31-15-9-6-10-16-31/h3-28H,1H2,2H3/b12-4-,29-11+. The Morgan fingerprint density at radius 1 is 0.526 bits per heavy atom. The largest absolute Gasteiger partial charge is 0.311 e. The lowest BCUT2D eigenvalue weighted by Crippen LogP contribution is -2.09. The van der Waals surface area contributed by atoms with Gasteiger partial charge >= 0.3 is 0 Å². The molecule has 1 nitrogen and oxygen atoms in total. The first-order chi connectivity index (χ1) is 18.8. The number of nitrogens with zero attached hydrogens (tertiary/aromatic N) is 1. The maximum atomic E-state index is 3.87. The molecule has 0 aliphatic rings. The molecule has 0 heterocycles. The van der Waals surface area contributed by atoms with Crippen LogP contribution in [-0.4, -0.2) is 0 Å². The minimum absolute atomic E-state index is 1.10. The van der Waals surface area contributed by atoms with Crippen molar-refractivity contribution in [2.45, 2.75) is 6.92 Å². The second-order valence-electron chi connectivity index (χ2n) is 9.07. The maximum Gasteiger partial charge on any atom is 0.0462 e. The van der Waals surface area contributed by atoms with E-state index < -0.39 is 0 Å². The third-order valence-electron chi connectivity index (χ3n) is 6.57. The molecular formula is C37H31N. The summed E-state index contributed by atoms with van der Waals surface area (Å²) in [6.07, 6.45) is 8.03. The Bertz CT molecular complexity index is 1440. The van der Waals surface area contributed by atoms with Crippen LogP contribution >= 0.6 is 0 Å². The van der Waals surface area contributed by atoms with Crippen LogP contribution in [-0.2, 0) is 0 Å². The predicted molar refractivity (Wildman–Crippen MR) is 165 cm³/mol. The Morgan fingerprint density at radius 2 is 0.921 bits per heavy atom. The van der Waals surface area contributed by atoms with Gasteiger partial charge in [0, 0.05) is 17.1 Å². The van der Waals surface area contributed by atoms with Gasteiger partial charge in [0.1, 0.15) is 0 Å². The van der Waals surface area contributed by atoms with E-state index in [0.29, 0.717) is 0 Å². The fourth-order valence-electron chi connectivity index (χ4n) is 4.67. The fraction of sp³-hybridized carbons (Fsp3) is 0.0270. The molecule has 1 heteroatoms. The predicted octanol–water partition coefficient (Wildman–Crippen LogP) is 10.6. The van der Waals surface area contributed by atoms with Crippen LogP contribution in [0, 0.1) is 0 Å². The lowest BCUT2D eigenvalue weighted by Gasteiger charge is -2.26. The molecule has 0 aromatic heterocycles. The molecule has 0 unspecified atom stereocenters. The third-order valence-corrected chi connectivity index (χ3v) is 6.57. The highest BCUT2D eigenvalue weighted by molar-refractivity contribution is 5.82. The smallest absolute Gasteiger partial charge is 0.0462 e. The number of hydrogen-bond acceptors (Lipinski definition) is 1. The minimum atomic E-state index is 1.10. The lowest BCUT2D eigenvalue weighted by atomic mass is 10.0. The molecule has 0 aliphatic carbocycles. The second kappa shape index (κ2) is 11.9. The molecule has 0 aliphatic heterocycles.